The quantitative estimate of drug-likeness (QED) is 0.850. The molecule has 0 spiro atoms. The average molecular weight is 216 g/mol. The van der Waals surface area contributed by atoms with E-state index in [9.17, 15) is 5.11 Å². The average Bonchev–Trinajstić information content (AvgIpc) is 2.95. The molecule has 0 saturated heterocycles. The summed E-state index contributed by atoms with van der Waals surface area (Å²) in [6.07, 6.45) is 2.94. The molecule has 1 saturated carbocycles. The molecule has 0 aliphatic heterocycles. The molecule has 0 amide bonds. The molecular formula is C14H16O2. The van der Waals surface area contributed by atoms with E-state index in [4.69, 9.17) is 4.42 Å². The van der Waals surface area contributed by atoms with Gasteiger partial charge in [-0.1, -0.05) is 24.5 Å². The highest BCUT2D eigenvalue weighted by Gasteiger charge is 2.26. The van der Waals surface area contributed by atoms with E-state index in [1.807, 2.05) is 18.2 Å². The predicted octanol–water partition coefficient (Wildman–Crippen LogP) is 3.57. The fraction of sp³-hybridized carbons (Fsp3) is 0.429. The van der Waals surface area contributed by atoms with Gasteiger partial charge in [-0.05, 0) is 37.5 Å². The summed E-state index contributed by atoms with van der Waals surface area (Å²) in [5, 5.41) is 11.1. The second-order valence-electron chi connectivity index (χ2n) is 4.88. The molecule has 3 rings (SSSR count). The van der Waals surface area contributed by atoms with Crippen molar-refractivity contribution in [2.45, 2.75) is 32.3 Å². The van der Waals surface area contributed by atoms with E-state index in [1.54, 1.807) is 0 Å². The molecular weight excluding hydrogens is 200 g/mol. The summed E-state index contributed by atoms with van der Waals surface area (Å²) in [5.41, 5.74) is 2.09. The first-order chi connectivity index (χ1) is 7.72. The number of fused-ring (bicyclic) bond motifs is 1. The van der Waals surface area contributed by atoms with Gasteiger partial charge in [0.1, 0.15) is 17.4 Å². The summed E-state index contributed by atoms with van der Waals surface area (Å²) in [4.78, 5) is 0. The SMILES string of the molecule is Cc1ccc2oc(C(O)CC3CC3)cc2c1. The number of aliphatic hydroxyl groups excluding tert-OH is 1. The molecule has 84 valence electrons. The number of rotatable bonds is 3. The Morgan fingerprint density at radius 2 is 2.19 bits per heavy atom. The van der Waals surface area contributed by atoms with E-state index in [0.29, 0.717) is 11.7 Å². The second kappa shape index (κ2) is 3.63. The van der Waals surface area contributed by atoms with Crippen LogP contribution in [-0.2, 0) is 0 Å². The Hall–Kier alpha value is -1.28. The Labute approximate surface area is 94.9 Å². The Kier molecular flexibility index (Phi) is 2.25. The van der Waals surface area contributed by atoms with Gasteiger partial charge in [0.25, 0.3) is 0 Å². The van der Waals surface area contributed by atoms with Crippen molar-refractivity contribution >= 4 is 11.0 Å². The number of hydrogen-bond donors (Lipinski definition) is 1. The van der Waals surface area contributed by atoms with E-state index in [-0.39, 0.29) is 0 Å². The van der Waals surface area contributed by atoms with Crippen LogP contribution in [0.5, 0.6) is 0 Å². The van der Waals surface area contributed by atoms with Crippen LogP contribution in [0.2, 0.25) is 0 Å². The minimum Gasteiger partial charge on any atom is -0.458 e. The largest absolute Gasteiger partial charge is 0.458 e. The van der Waals surface area contributed by atoms with Crippen LogP contribution in [0.4, 0.5) is 0 Å². The lowest BCUT2D eigenvalue weighted by molar-refractivity contribution is 0.136. The molecule has 0 radical (unpaired) electrons. The molecule has 2 nitrogen and oxygen atoms in total. The van der Waals surface area contributed by atoms with Crippen molar-refractivity contribution in [1.82, 2.24) is 0 Å². The first kappa shape index (κ1) is 9.91. The summed E-state index contributed by atoms with van der Waals surface area (Å²) >= 11 is 0. The number of aryl methyl sites for hydroxylation is 1. The predicted molar refractivity (Wildman–Crippen MR) is 63.3 cm³/mol. The van der Waals surface area contributed by atoms with Gasteiger partial charge in [-0.3, -0.25) is 0 Å². The molecule has 1 heterocycles. The molecule has 1 aliphatic carbocycles. The summed E-state index contributed by atoms with van der Waals surface area (Å²) in [5.74, 6) is 1.43. The number of furan rings is 1. The van der Waals surface area contributed by atoms with E-state index in [2.05, 4.69) is 13.0 Å². The van der Waals surface area contributed by atoms with Crippen LogP contribution in [0.25, 0.3) is 11.0 Å². The third kappa shape index (κ3) is 1.85. The van der Waals surface area contributed by atoms with Gasteiger partial charge in [-0.25, -0.2) is 0 Å². The fourth-order valence-electron chi connectivity index (χ4n) is 2.13. The van der Waals surface area contributed by atoms with E-state index >= 15 is 0 Å². The summed E-state index contributed by atoms with van der Waals surface area (Å²) in [6, 6.07) is 8.06. The van der Waals surface area contributed by atoms with Crippen LogP contribution < -0.4 is 0 Å². The van der Waals surface area contributed by atoms with Crippen molar-refractivity contribution in [3.8, 4) is 0 Å². The zero-order valence-corrected chi connectivity index (χ0v) is 9.44. The van der Waals surface area contributed by atoms with Crippen LogP contribution >= 0.6 is 0 Å². The summed E-state index contributed by atoms with van der Waals surface area (Å²) < 4.78 is 5.66. The monoisotopic (exact) mass is 216 g/mol. The lowest BCUT2D eigenvalue weighted by Gasteiger charge is -2.04. The first-order valence-corrected chi connectivity index (χ1v) is 5.90. The third-order valence-corrected chi connectivity index (χ3v) is 3.27. The van der Waals surface area contributed by atoms with Gasteiger partial charge in [0.05, 0.1) is 0 Å². The van der Waals surface area contributed by atoms with Crippen molar-refractivity contribution in [3.63, 3.8) is 0 Å². The third-order valence-electron chi connectivity index (χ3n) is 3.27. The molecule has 1 aromatic carbocycles. The molecule has 16 heavy (non-hydrogen) atoms. The van der Waals surface area contributed by atoms with Crippen LogP contribution in [0.3, 0.4) is 0 Å². The van der Waals surface area contributed by atoms with E-state index in [0.717, 1.165) is 17.4 Å². The minimum atomic E-state index is -0.430. The molecule has 1 aromatic heterocycles. The highest BCUT2D eigenvalue weighted by molar-refractivity contribution is 5.78. The Morgan fingerprint density at radius 1 is 1.38 bits per heavy atom. The van der Waals surface area contributed by atoms with Crippen LogP contribution in [0, 0.1) is 12.8 Å². The Morgan fingerprint density at radius 3 is 2.94 bits per heavy atom. The van der Waals surface area contributed by atoms with Crippen molar-refractivity contribution in [3.05, 3.63) is 35.6 Å². The van der Waals surface area contributed by atoms with E-state index in [1.165, 1.54) is 18.4 Å². The van der Waals surface area contributed by atoms with Gasteiger partial charge in [-0.15, -0.1) is 0 Å². The molecule has 0 bridgehead atoms. The maximum atomic E-state index is 10.0. The lowest BCUT2D eigenvalue weighted by atomic mass is 10.1. The summed E-state index contributed by atoms with van der Waals surface area (Å²) in [7, 11) is 0. The van der Waals surface area contributed by atoms with E-state index < -0.39 is 6.10 Å². The van der Waals surface area contributed by atoms with Gasteiger partial charge in [0.2, 0.25) is 0 Å². The van der Waals surface area contributed by atoms with Gasteiger partial charge < -0.3 is 9.52 Å². The van der Waals surface area contributed by atoms with Crippen LogP contribution in [0.15, 0.2) is 28.7 Å². The normalized spacial score (nSPS) is 17.9. The van der Waals surface area contributed by atoms with Crippen molar-refractivity contribution in [2.24, 2.45) is 5.92 Å². The maximum absolute atomic E-state index is 10.0. The number of benzene rings is 1. The molecule has 1 atom stereocenters. The Balaban J connectivity index is 1.91. The van der Waals surface area contributed by atoms with Gasteiger partial charge >= 0.3 is 0 Å². The molecule has 1 fully saturated rings. The van der Waals surface area contributed by atoms with Gasteiger partial charge in [-0.2, -0.15) is 0 Å². The minimum absolute atomic E-state index is 0.430. The number of aliphatic hydroxyl groups is 1. The van der Waals surface area contributed by atoms with Crippen molar-refractivity contribution < 1.29 is 9.52 Å². The fourth-order valence-corrected chi connectivity index (χ4v) is 2.13. The lowest BCUT2D eigenvalue weighted by Crippen LogP contribution is -1.95. The molecule has 2 heteroatoms. The zero-order chi connectivity index (χ0) is 11.1. The standard InChI is InChI=1S/C14H16O2/c1-9-2-5-13-11(6-9)8-14(16-13)12(15)7-10-3-4-10/h2,5-6,8,10,12,15H,3-4,7H2,1H3. The highest BCUT2D eigenvalue weighted by Crippen LogP contribution is 2.38. The molecule has 1 unspecified atom stereocenters. The molecule has 1 aliphatic rings. The second-order valence-corrected chi connectivity index (χ2v) is 4.88. The highest BCUT2D eigenvalue weighted by atomic mass is 16.4. The van der Waals surface area contributed by atoms with Gasteiger partial charge in [0, 0.05) is 5.39 Å². The van der Waals surface area contributed by atoms with Crippen LogP contribution in [0.1, 0.15) is 36.7 Å². The van der Waals surface area contributed by atoms with Crippen molar-refractivity contribution in [1.29, 1.82) is 0 Å². The zero-order valence-electron chi connectivity index (χ0n) is 9.44. The smallest absolute Gasteiger partial charge is 0.134 e. The first-order valence-electron chi connectivity index (χ1n) is 5.90. The topological polar surface area (TPSA) is 33.4 Å². The van der Waals surface area contributed by atoms with Crippen molar-refractivity contribution in [2.75, 3.05) is 0 Å². The molecule has 1 N–H and O–H groups in total. The van der Waals surface area contributed by atoms with Crippen LogP contribution in [-0.4, -0.2) is 5.11 Å². The maximum Gasteiger partial charge on any atom is 0.134 e. The summed E-state index contributed by atoms with van der Waals surface area (Å²) in [6.45, 7) is 2.06. The molecule has 2 aromatic rings. The Bertz CT molecular complexity index is 508. The number of hydrogen-bond acceptors (Lipinski definition) is 2. The van der Waals surface area contributed by atoms with Gasteiger partial charge in [0.15, 0.2) is 0 Å².